The summed E-state index contributed by atoms with van der Waals surface area (Å²) in [4.78, 5) is 24.3. The van der Waals surface area contributed by atoms with Crippen LogP contribution in [0, 0.1) is 0 Å². The third-order valence-electron chi connectivity index (χ3n) is 4.01. The highest BCUT2D eigenvalue weighted by Gasteiger charge is 2.10. The van der Waals surface area contributed by atoms with Crippen LogP contribution in [0.25, 0.3) is 10.8 Å². The molecule has 0 saturated heterocycles. The number of nitrogens with one attached hydrogen (secondary N) is 1. The molecule has 0 spiro atoms. The van der Waals surface area contributed by atoms with Crippen LogP contribution in [0.4, 0.5) is 0 Å². The van der Waals surface area contributed by atoms with Gasteiger partial charge < -0.3 is 10.1 Å². The number of carbonyl (C=O) groups is 1. The molecule has 128 valence electrons. The summed E-state index contributed by atoms with van der Waals surface area (Å²) >= 11 is 0. The van der Waals surface area contributed by atoms with Crippen molar-refractivity contribution in [1.82, 2.24) is 15.1 Å². The molecule has 1 amide bonds. The summed E-state index contributed by atoms with van der Waals surface area (Å²) in [6, 6.07) is 14.6. The van der Waals surface area contributed by atoms with Gasteiger partial charge in [0.25, 0.3) is 5.56 Å². The predicted molar refractivity (Wildman–Crippen MR) is 95.5 cm³/mol. The topological polar surface area (TPSA) is 73.2 Å². The van der Waals surface area contributed by atoms with Gasteiger partial charge in [0, 0.05) is 12.4 Å². The molecular formula is C19H19N3O3. The van der Waals surface area contributed by atoms with Crippen LogP contribution in [0.5, 0.6) is 5.75 Å². The lowest BCUT2D eigenvalue weighted by Gasteiger charge is -2.09. The Bertz CT molecular complexity index is 962. The summed E-state index contributed by atoms with van der Waals surface area (Å²) in [6.45, 7) is 0.267. The van der Waals surface area contributed by atoms with Crippen LogP contribution in [0.15, 0.2) is 53.3 Å². The Morgan fingerprint density at radius 2 is 1.80 bits per heavy atom. The molecule has 0 unspecified atom stereocenters. The van der Waals surface area contributed by atoms with Crippen molar-refractivity contribution >= 4 is 16.7 Å². The Hall–Kier alpha value is -3.15. The highest BCUT2D eigenvalue weighted by atomic mass is 16.5. The molecule has 1 aromatic heterocycles. The van der Waals surface area contributed by atoms with Gasteiger partial charge in [-0.3, -0.25) is 9.59 Å². The van der Waals surface area contributed by atoms with Crippen molar-refractivity contribution in [3.8, 4) is 5.75 Å². The van der Waals surface area contributed by atoms with Gasteiger partial charge in [-0.15, -0.1) is 0 Å². The van der Waals surface area contributed by atoms with Gasteiger partial charge in [0.05, 0.1) is 31.2 Å². The van der Waals surface area contributed by atoms with Gasteiger partial charge in [-0.25, -0.2) is 4.68 Å². The fourth-order valence-electron chi connectivity index (χ4n) is 2.68. The van der Waals surface area contributed by atoms with E-state index in [9.17, 15) is 9.59 Å². The molecule has 6 heteroatoms. The summed E-state index contributed by atoms with van der Waals surface area (Å²) in [6.07, 6.45) is 0.272. The molecule has 1 heterocycles. The Morgan fingerprint density at radius 3 is 2.48 bits per heavy atom. The zero-order valence-corrected chi connectivity index (χ0v) is 14.2. The number of hydrogen-bond acceptors (Lipinski definition) is 4. The summed E-state index contributed by atoms with van der Waals surface area (Å²) in [5, 5.41) is 8.50. The molecule has 3 aromatic rings. The van der Waals surface area contributed by atoms with E-state index in [1.807, 2.05) is 42.5 Å². The number of nitrogens with zero attached hydrogens (tertiary/aromatic N) is 2. The van der Waals surface area contributed by atoms with E-state index in [1.54, 1.807) is 20.2 Å². The van der Waals surface area contributed by atoms with E-state index in [0.29, 0.717) is 11.1 Å². The minimum absolute atomic E-state index is 0.107. The van der Waals surface area contributed by atoms with Gasteiger partial charge in [-0.2, -0.15) is 5.10 Å². The Morgan fingerprint density at radius 1 is 1.12 bits per heavy atom. The molecule has 0 saturated carbocycles. The van der Waals surface area contributed by atoms with E-state index in [2.05, 4.69) is 10.4 Å². The zero-order valence-electron chi connectivity index (χ0n) is 14.2. The molecule has 0 aliphatic heterocycles. The van der Waals surface area contributed by atoms with Gasteiger partial charge >= 0.3 is 0 Å². The van der Waals surface area contributed by atoms with E-state index < -0.39 is 0 Å². The van der Waals surface area contributed by atoms with Crippen molar-refractivity contribution in [3.63, 3.8) is 0 Å². The largest absolute Gasteiger partial charge is 0.497 e. The Balaban J connectivity index is 1.73. The van der Waals surface area contributed by atoms with E-state index >= 15 is 0 Å². The fourth-order valence-corrected chi connectivity index (χ4v) is 2.68. The lowest BCUT2D eigenvalue weighted by atomic mass is 10.1. The van der Waals surface area contributed by atoms with Gasteiger partial charge in [-0.1, -0.05) is 30.3 Å². The smallest absolute Gasteiger partial charge is 0.274 e. The number of fused-ring (bicyclic) bond motifs is 1. The van der Waals surface area contributed by atoms with Gasteiger partial charge in [0.15, 0.2) is 0 Å². The molecule has 6 nitrogen and oxygen atoms in total. The van der Waals surface area contributed by atoms with Crippen molar-refractivity contribution < 1.29 is 9.53 Å². The maximum atomic E-state index is 12.2. The van der Waals surface area contributed by atoms with Crippen molar-refractivity contribution in [2.24, 2.45) is 7.05 Å². The zero-order chi connectivity index (χ0) is 17.8. The number of methoxy groups -OCH3 is 1. The Kier molecular flexibility index (Phi) is 4.79. The molecule has 0 aliphatic rings. The summed E-state index contributed by atoms with van der Waals surface area (Å²) in [7, 11) is 3.21. The molecule has 3 rings (SSSR count). The molecule has 0 atom stereocenters. The molecule has 0 fully saturated rings. The molecule has 0 bridgehead atoms. The molecule has 2 aromatic carbocycles. The number of rotatable bonds is 5. The maximum absolute atomic E-state index is 12.2. The first-order valence-electron chi connectivity index (χ1n) is 7.93. The fraction of sp³-hybridized carbons (Fsp3) is 0.211. The number of carbonyl (C=O) groups excluding carboxylic acids is 1. The van der Waals surface area contributed by atoms with Crippen LogP contribution in [0.2, 0.25) is 0 Å². The SMILES string of the molecule is COc1ccc(CC(=O)NCc2nn(C)c(=O)c3ccccc23)cc1. The van der Waals surface area contributed by atoms with Crippen molar-refractivity contribution in [2.45, 2.75) is 13.0 Å². The second-order valence-electron chi connectivity index (χ2n) is 5.72. The van der Waals surface area contributed by atoms with Crippen LogP contribution in [0.3, 0.4) is 0 Å². The molecule has 0 radical (unpaired) electrons. The van der Waals surface area contributed by atoms with Gasteiger partial charge in [0.1, 0.15) is 5.75 Å². The minimum Gasteiger partial charge on any atom is -0.497 e. The van der Waals surface area contributed by atoms with Crippen molar-refractivity contribution in [2.75, 3.05) is 7.11 Å². The molecule has 25 heavy (non-hydrogen) atoms. The monoisotopic (exact) mass is 337 g/mol. The Labute approximate surface area is 145 Å². The lowest BCUT2D eigenvalue weighted by Crippen LogP contribution is -2.28. The van der Waals surface area contributed by atoms with Crippen LogP contribution < -0.4 is 15.6 Å². The third kappa shape index (κ3) is 3.68. The van der Waals surface area contributed by atoms with E-state index in [-0.39, 0.29) is 24.4 Å². The third-order valence-corrected chi connectivity index (χ3v) is 4.01. The number of benzene rings is 2. The number of amides is 1. The highest BCUT2D eigenvalue weighted by Crippen LogP contribution is 2.13. The normalized spacial score (nSPS) is 10.6. The predicted octanol–water partition coefficient (Wildman–Crippen LogP) is 1.80. The number of hydrogen-bond donors (Lipinski definition) is 1. The first-order chi connectivity index (χ1) is 12.1. The highest BCUT2D eigenvalue weighted by molar-refractivity contribution is 5.84. The standard InChI is InChI=1S/C19H19N3O3/c1-22-19(24)16-6-4-3-5-15(16)17(21-22)12-20-18(23)11-13-7-9-14(25-2)10-8-13/h3-10H,11-12H2,1-2H3,(H,20,23). The van der Waals surface area contributed by atoms with Crippen LogP contribution in [-0.4, -0.2) is 22.8 Å². The first kappa shape index (κ1) is 16.7. The van der Waals surface area contributed by atoms with E-state index in [0.717, 1.165) is 16.7 Å². The number of aryl methyl sites for hydroxylation is 1. The average Bonchev–Trinajstić information content (AvgIpc) is 2.64. The summed E-state index contributed by atoms with van der Waals surface area (Å²) < 4.78 is 6.40. The summed E-state index contributed by atoms with van der Waals surface area (Å²) in [5.41, 5.74) is 1.42. The van der Waals surface area contributed by atoms with Crippen LogP contribution in [0.1, 0.15) is 11.3 Å². The van der Waals surface area contributed by atoms with Crippen molar-refractivity contribution in [3.05, 3.63) is 70.1 Å². The lowest BCUT2D eigenvalue weighted by molar-refractivity contribution is -0.120. The summed E-state index contributed by atoms with van der Waals surface area (Å²) in [5.74, 6) is 0.648. The van der Waals surface area contributed by atoms with Gasteiger partial charge in [-0.05, 0) is 23.8 Å². The molecule has 0 aliphatic carbocycles. The molecular weight excluding hydrogens is 318 g/mol. The number of aromatic nitrogens is 2. The first-order valence-corrected chi connectivity index (χ1v) is 7.93. The van der Waals surface area contributed by atoms with Crippen LogP contribution >= 0.6 is 0 Å². The second kappa shape index (κ2) is 7.17. The molecule has 1 N–H and O–H groups in total. The second-order valence-corrected chi connectivity index (χ2v) is 5.72. The minimum atomic E-state index is -0.149. The van der Waals surface area contributed by atoms with Crippen molar-refractivity contribution in [1.29, 1.82) is 0 Å². The quantitative estimate of drug-likeness (QED) is 0.770. The maximum Gasteiger partial charge on any atom is 0.274 e. The average molecular weight is 337 g/mol. The van der Waals surface area contributed by atoms with Gasteiger partial charge in [0.2, 0.25) is 5.91 Å². The van der Waals surface area contributed by atoms with E-state index in [1.165, 1.54) is 4.68 Å². The van der Waals surface area contributed by atoms with E-state index in [4.69, 9.17) is 4.74 Å². The number of ether oxygens (including phenoxy) is 1. The van der Waals surface area contributed by atoms with Crippen LogP contribution in [-0.2, 0) is 24.8 Å².